The Labute approximate surface area is 151 Å². The standard InChI is InChI=1S/C21H20N2O3/c1-3-4-17-18(11-9-15-7-5-14(2)6-8-15)22-19-12-10-16(21(25)26)13-23(19)20(17)24/h5-13H,3-4H2,1-2H3,(H,25,26)/b11-9+. The van der Waals surface area contributed by atoms with Crippen molar-refractivity contribution in [1.29, 1.82) is 0 Å². The van der Waals surface area contributed by atoms with Gasteiger partial charge in [0.2, 0.25) is 0 Å². The Morgan fingerprint density at radius 1 is 1.15 bits per heavy atom. The SMILES string of the molecule is CCCc1c(/C=C/c2ccc(C)cc2)nc2ccc(C(=O)O)cn2c1=O. The molecule has 0 saturated heterocycles. The molecular weight excluding hydrogens is 328 g/mol. The van der Waals surface area contributed by atoms with Crippen molar-refractivity contribution in [3.63, 3.8) is 0 Å². The number of hydrogen-bond acceptors (Lipinski definition) is 3. The fraction of sp³-hybridized carbons (Fsp3) is 0.190. The molecule has 0 bridgehead atoms. The molecule has 0 aliphatic heterocycles. The summed E-state index contributed by atoms with van der Waals surface area (Å²) < 4.78 is 1.32. The largest absolute Gasteiger partial charge is 0.478 e. The molecule has 0 amide bonds. The van der Waals surface area contributed by atoms with Crippen molar-refractivity contribution >= 4 is 23.8 Å². The van der Waals surface area contributed by atoms with Crippen LogP contribution in [-0.4, -0.2) is 20.5 Å². The third-order valence-corrected chi connectivity index (χ3v) is 4.21. The van der Waals surface area contributed by atoms with E-state index in [-0.39, 0.29) is 11.1 Å². The lowest BCUT2D eigenvalue weighted by atomic mass is 10.1. The predicted molar refractivity (Wildman–Crippen MR) is 103 cm³/mol. The topological polar surface area (TPSA) is 71.7 Å². The second-order valence-corrected chi connectivity index (χ2v) is 6.23. The molecule has 2 aromatic heterocycles. The van der Waals surface area contributed by atoms with Crippen LogP contribution in [0.25, 0.3) is 17.8 Å². The first-order chi connectivity index (χ1) is 12.5. The average Bonchev–Trinajstić information content (AvgIpc) is 2.63. The summed E-state index contributed by atoms with van der Waals surface area (Å²) >= 11 is 0. The van der Waals surface area contributed by atoms with Crippen LogP contribution in [0.5, 0.6) is 0 Å². The number of aryl methyl sites for hydroxylation is 1. The number of carboxylic acid groups (broad SMARTS) is 1. The van der Waals surface area contributed by atoms with Gasteiger partial charge in [0.1, 0.15) is 5.65 Å². The van der Waals surface area contributed by atoms with Gasteiger partial charge in [-0.3, -0.25) is 9.20 Å². The summed E-state index contributed by atoms with van der Waals surface area (Å²) in [6.45, 7) is 4.03. The molecule has 1 N–H and O–H groups in total. The van der Waals surface area contributed by atoms with Crippen molar-refractivity contribution in [2.24, 2.45) is 0 Å². The van der Waals surface area contributed by atoms with Gasteiger partial charge >= 0.3 is 5.97 Å². The highest BCUT2D eigenvalue weighted by Crippen LogP contribution is 2.13. The van der Waals surface area contributed by atoms with Crippen molar-refractivity contribution in [1.82, 2.24) is 9.38 Å². The summed E-state index contributed by atoms with van der Waals surface area (Å²) in [5.41, 5.74) is 3.71. The first kappa shape index (κ1) is 17.6. The Morgan fingerprint density at radius 3 is 2.54 bits per heavy atom. The van der Waals surface area contributed by atoms with E-state index >= 15 is 0 Å². The van der Waals surface area contributed by atoms with Gasteiger partial charge in [0.05, 0.1) is 11.3 Å². The molecule has 0 radical (unpaired) electrons. The van der Waals surface area contributed by atoms with E-state index in [1.807, 2.05) is 50.3 Å². The molecule has 3 aromatic rings. The van der Waals surface area contributed by atoms with Crippen LogP contribution >= 0.6 is 0 Å². The van der Waals surface area contributed by atoms with Gasteiger partial charge in [-0.2, -0.15) is 0 Å². The number of nitrogens with zero attached hydrogens (tertiary/aromatic N) is 2. The van der Waals surface area contributed by atoms with Crippen molar-refractivity contribution in [3.05, 3.63) is 80.9 Å². The van der Waals surface area contributed by atoms with Crippen LogP contribution in [0, 0.1) is 6.92 Å². The van der Waals surface area contributed by atoms with Crippen LogP contribution in [0.15, 0.2) is 47.4 Å². The third-order valence-electron chi connectivity index (χ3n) is 4.21. The lowest BCUT2D eigenvalue weighted by molar-refractivity contribution is 0.0696. The minimum absolute atomic E-state index is 0.0618. The molecule has 0 aliphatic rings. The second-order valence-electron chi connectivity index (χ2n) is 6.23. The van der Waals surface area contributed by atoms with Gasteiger partial charge in [-0.15, -0.1) is 0 Å². The van der Waals surface area contributed by atoms with E-state index < -0.39 is 5.97 Å². The molecule has 5 heteroatoms. The molecule has 0 saturated carbocycles. The number of carboxylic acids is 1. The fourth-order valence-electron chi connectivity index (χ4n) is 2.79. The summed E-state index contributed by atoms with van der Waals surface area (Å²) in [4.78, 5) is 28.6. The summed E-state index contributed by atoms with van der Waals surface area (Å²) in [6, 6.07) is 11.1. The highest BCUT2D eigenvalue weighted by Gasteiger charge is 2.12. The number of benzene rings is 1. The quantitative estimate of drug-likeness (QED) is 0.761. The van der Waals surface area contributed by atoms with Gasteiger partial charge in [0.15, 0.2) is 0 Å². The highest BCUT2D eigenvalue weighted by molar-refractivity contribution is 5.87. The molecule has 1 aromatic carbocycles. The zero-order valence-corrected chi connectivity index (χ0v) is 14.8. The summed E-state index contributed by atoms with van der Waals surface area (Å²) in [5, 5.41) is 9.15. The minimum Gasteiger partial charge on any atom is -0.478 e. The Morgan fingerprint density at radius 2 is 1.88 bits per heavy atom. The van der Waals surface area contributed by atoms with Gasteiger partial charge in [0.25, 0.3) is 5.56 Å². The Bertz CT molecular complexity index is 1050. The molecule has 2 heterocycles. The fourth-order valence-corrected chi connectivity index (χ4v) is 2.79. The molecule has 132 valence electrons. The maximum Gasteiger partial charge on any atom is 0.337 e. The monoisotopic (exact) mass is 348 g/mol. The lowest BCUT2D eigenvalue weighted by Gasteiger charge is -2.08. The smallest absolute Gasteiger partial charge is 0.337 e. The number of carbonyl (C=O) groups is 1. The summed E-state index contributed by atoms with van der Waals surface area (Å²) in [5.74, 6) is -1.07. The first-order valence-electron chi connectivity index (χ1n) is 8.53. The van der Waals surface area contributed by atoms with Gasteiger partial charge in [-0.1, -0.05) is 49.2 Å². The minimum atomic E-state index is -1.07. The molecule has 0 unspecified atom stereocenters. The Balaban J connectivity index is 2.13. The number of aromatic carboxylic acids is 1. The maximum atomic E-state index is 12.9. The normalized spacial score (nSPS) is 11.3. The highest BCUT2D eigenvalue weighted by atomic mass is 16.4. The van der Waals surface area contributed by atoms with E-state index in [2.05, 4.69) is 4.98 Å². The number of hydrogen-bond donors (Lipinski definition) is 1. The Hall–Kier alpha value is -3.21. The van der Waals surface area contributed by atoms with Crippen LogP contribution in [0.4, 0.5) is 0 Å². The Kier molecular flexibility index (Phi) is 4.98. The van der Waals surface area contributed by atoms with E-state index in [9.17, 15) is 9.59 Å². The number of aromatic nitrogens is 2. The molecule has 3 rings (SSSR count). The van der Waals surface area contributed by atoms with Crippen LogP contribution in [-0.2, 0) is 6.42 Å². The van der Waals surface area contributed by atoms with Crippen molar-refractivity contribution in [2.75, 3.05) is 0 Å². The van der Waals surface area contributed by atoms with Crippen LogP contribution in [0.1, 0.15) is 46.1 Å². The van der Waals surface area contributed by atoms with E-state index in [0.717, 1.165) is 12.0 Å². The molecule has 26 heavy (non-hydrogen) atoms. The van der Waals surface area contributed by atoms with E-state index in [4.69, 9.17) is 5.11 Å². The zero-order chi connectivity index (χ0) is 18.7. The van der Waals surface area contributed by atoms with Crippen molar-refractivity contribution in [3.8, 4) is 0 Å². The second kappa shape index (κ2) is 7.35. The van der Waals surface area contributed by atoms with Gasteiger partial charge < -0.3 is 5.11 Å². The maximum absolute atomic E-state index is 12.9. The molecule has 0 aliphatic carbocycles. The van der Waals surface area contributed by atoms with Crippen molar-refractivity contribution < 1.29 is 9.90 Å². The first-order valence-corrected chi connectivity index (χ1v) is 8.53. The van der Waals surface area contributed by atoms with Crippen LogP contribution in [0.2, 0.25) is 0 Å². The van der Waals surface area contributed by atoms with E-state index in [1.165, 1.54) is 22.2 Å². The number of rotatable bonds is 5. The zero-order valence-electron chi connectivity index (χ0n) is 14.8. The lowest BCUT2D eigenvalue weighted by Crippen LogP contribution is -2.22. The number of fused-ring (bicyclic) bond motifs is 1. The molecule has 0 spiro atoms. The number of pyridine rings is 1. The van der Waals surface area contributed by atoms with E-state index in [0.29, 0.717) is 23.3 Å². The molecule has 0 atom stereocenters. The van der Waals surface area contributed by atoms with Crippen LogP contribution in [0.3, 0.4) is 0 Å². The van der Waals surface area contributed by atoms with Gasteiger partial charge in [0, 0.05) is 11.8 Å². The van der Waals surface area contributed by atoms with Crippen LogP contribution < -0.4 is 5.56 Å². The van der Waals surface area contributed by atoms with E-state index in [1.54, 1.807) is 6.07 Å². The molecular formula is C21H20N2O3. The summed E-state index contributed by atoms with van der Waals surface area (Å²) in [6.07, 6.45) is 6.50. The van der Waals surface area contributed by atoms with Gasteiger partial charge in [-0.05, 0) is 37.1 Å². The molecule has 5 nitrogen and oxygen atoms in total. The third kappa shape index (κ3) is 3.57. The van der Waals surface area contributed by atoms with Crippen molar-refractivity contribution in [2.45, 2.75) is 26.7 Å². The average molecular weight is 348 g/mol. The van der Waals surface area contributed by atoms with Gasteiger partial charge in [-0.25, -0.2) is 9.78 Å². The summed E-state index contributed by atoms with van der Waals surface area (Å²) in [7, 11) is 0. The predicted octanol–water partition coefficient (Wildman–Crippen LogP) is 3.82. The molecule has 0 fully saturated rings.